The molecule has 1 N–H and O–H groups in total. The van der Waals surface area contributed by atoms with Crippen LogP contribution in [0, 0.1) is 0 Å². The monoisotopic (exact) mass is 257 g/mol. The molecule has 0 amide bonds. The molecule has 19 heavy (non-hydrogen) atoms. The highest BCUT2D eigenvalue weighted by molar-refractivity contribution is 5.29. The Morgan fingerprint density at radius 2 is 2.16 bits per heavy atom. The number of rotatable bonds is 4. The molecular formula is C15H19N3O. The minimum Gasteiger partial charge on any atom is -0.497 e. The number of H-pyrrole nitrogens is 1. The molecule has 4 nitrogen and oxygen atoms in total. The van der Waals surface area contributed by atoms with Gasteiger partial charge in [0.15, 0.2) is 0 Å². The minimum absolute atomic E-state index is 0.509. The summed E-state index contributed by atoms with van der Waals surface area (Å²) in [5.41, 5.74) is 2.55. The number of methoxy groups -OCH3 is 1. The predicted molar refractivity (Wildman–Crippen MR) is 74.0 cm³/mol. The maximum Gasteiger partial charge on any atom is 0.118 e. The van der Waals surface area contributed by atoms with E-state index in [1.54, 1.807) is 7.11 Å². The van der Waals surface area contributed by atoms with Crippen LogP contribution in [0.4, 0.5) is 0 Å². The van der Waals surface area contributed by atoms with E-state index in [0.717, 1.165) is 18.8 Å². The lowest BCUT2D eigenvalue weighted by Gasteiger charge is -2.24. The SMILES string of the molecule is COc1ccc([C@@H]2CCCN2Cc2ccn[nH]2)cc1. The Morgan fingerprint density at radius 3 is 2.84 bits per heavy atom. The third kappa shape index (κ3) is 2.63. The van der Waals surface area contributed by atoms with Crippen molar-refractivity contribution in [1.82, 2.24) is 15.1 Å². The van der Waals surface area contributed by atoms with Gasteiger partial charge < -0.3 is 4.74 Å². The summed E-state index contributed by atoms with van der Waals surface area (Å²) in [6.45, 7) is 2.09. The number of benzene rings is 1. The van der Waals surface area contributed by atoms with E-state index in [-0.39, 0.29) is 0 Å². The zero-order valence-corrected chi connectivity index (χ0v) is 11.2. The summed E-state index contributed by atoms with van der Waals surface area (Å²) in [4.78, 5) is 2.51. The van der Waals surface area contributed by atoms with Crippen molar-refractivity contribution >= 4 is 0 Å². The van der Waals surface area contributed by atoms with E-state index in [2.05, 4.69) is 27.2 Å². The maximum absolute atomic E-state index is 5.22. The van der Waals surface area contributed by atoms with E-state index < -0.39 is 0 Å². The van der Waals surface area contributed by atoms with Crippen molar-refractivity contribution in [1.29, 1.82) is 0 Å². The summed E-state index contributed by atoms with van der Waals surface area (Å²) in [7, 11) is 1.70. The fourth-order valence-electron chi connectivity index (χ4n) is 2.81. The van der Waals surface area contributed by atoms with Crippen molar-refractivity contribution in [3.05, 3.63) is 47.8 Å². The normalized spacial score (nSPS) is 19.7. The summed E-state index contributed by atoms with van der Waals surface area (Å²) in [5, 5.41) is 7.06. The Balaban J connectivity index is 1.74. The second-order valence-electron chi connectivity index (χ2n) is 4.98. The average molecular weight is 257 g/mol. The van der Waals surface area contributed by atoms with Crippen LogP contribution in [-0.2, 0) is 6.54 Å². The first-order valence-corrected chi connectivity index (χ1v) is 6.73. The second-order valence-corrected chi connectivity index (χ2v) is 4.98. The van der Waals surface area contributed by atoms with Crippen molar-refractivity contribution in [3.8, 4) is 5.75 Å². The van der Waals surface area contributed by atoms with Gasteiger partial charge in [-0.25, -0.2) is 0 Å². The molecule has 1 aliphatic heterocycles. The molecular weight excluding hydrogens is 238 g/mol. The lowest BCUT2D eigenvalue weighted by Crippen LogP contribution is -2.22. The fraction of sp³-hybridized carbons (Fsp3) is 0.400. The number of aromatic nitrogens is 2. The standard InChI is InChI=1S/C15H19N3O/c1-19-14-6-4-12(5-7-14)15-3-2-10-18(15)11-13-8-9-16-17-13/h4-9,15H,2-3,10-11H2,1H3,(H,16,17)/t15-/m0/s1. The lowest BCUT2D eigenvalue weighted by molar-refractivity contribution is 0.245. The molecule has 0 radical (unpaired) electrons. The molecule has 0 bridgehead atoms. The lowest BCUT2D eigenvalue weighted by atomic mass is 10.0. The second kappa shape index (κ2) is 5.45. The Hall–Kier alpha value is -1.81. The van der Waals surface area contributed by atoms with Crippen LogP contribution < -0.4 is 4.74 Å². The highest BCUT2D eigenvalue weighted by Crippen LogP contribution is 2.33. The molecule has 0 saturated carbocycles. The molecule has 1 aromatic heterocycles. The highest BCUT2D eigenvalue weighted by Gasteiger charge is 2.26. The minimum atomic E-state index is 0.509. The topological polar surface area (TPSA) is 41.1 Å². The van der Waals surface area contributed by atoms with E-state index >= 15 is 0 Å². The van der Waals surface area contributed by atoms with E-state index in [9.17, 15) is 0 Å². The van der Waals surface area contributed by atoms with Crippen molar-refractivity contribution in [3.63, 3.8) is 0 Å². The van der Waals surface area contributed by atoms with Crippen LogP contribution in [0.15, 0.2) is 36.5 Å². The smallest absolute Gasteiger partial charge is 0.118 e. The van der Waals surface area contributed by atoms with Crippen LogP contribution in [0.25, 0.3) is 0 Å². The molecule has 1 saturated heterocycles. The number of aromatic amines is 1. The Labute approximate surface area is 113 Å². The third-order valence-corrected chi connectivity index (χ3v) is 3.80. The largest absolute Gasteiger partial charge is 0.497 e. The summed E-state index contributed by atoms with van der Waals surface area (Å²) in [6.07, 6.45) is 4.29. The van der Waals surface area contributed by atoms with Crippen molar-refractivity contribution < 1.29 is 4.74 Å². The number of nitrogens with one attached hydrogen (secondary N) is 1. The molecule has 0 aliphatic carbocycles. The third-order valence-electron chi connectivity index (χ3n) is 3.80. The van der Waals surface area contributed by atoms with Gasteiger partial charge in [-0.2, -0.15) is 5.10 Å². The number of ether oxygens (including phenoxy) is 1. The van der Waals surface area contributed by atoms with Crippen LogP contribution in [0.3, 0.4) is 0 Å². The Bertz CT molecular complexity index is 507. The summed E-state index contributed by atoms with van der Waals surface area (Å²) in [5.74, 6) is 0.918. The molecule has 1 atom stereocenters. The molecule has 2 heterocycles. The number of hydrogen-bond donors (Lipinski definition) is 1. The first-order chi connectivity index (χ1) is 9.36. The van der Waals surface area contributed by atoms with Crippen LogP contribution in [0.1, 0.15) is 30.1 Å². The maximum atomic E-state index is 5.22. The first kappa shape index (κ1) is 12.2. The summed E-state index contributed by atoms with van der Waals surface area (Å²) >= 11 is 0. The quantitative estimate of drug-likeness (QED) is 0.915. The molecule has 4 heteroatoms. The van der Waals surface area contributed by atoms with Crippen LogP contribution >= 0.6 is 0 Å². The zero-order valence-electron chi connectivity index (χ0n) is 11.2. The van der Waals surface area contributed by atoms with Crippen LogP contribution in [0.5, 0.6) is 5.75 Å². The van der Waals surface area contributed by atoms with Gasteiger partial charge in [0.25, 0.3) is 0 Å². The number of likely N-dealkylation sites (tertiary alicyclic amines) is 1. The van der Waals surface area contributed by atoms with Gasteiger partial charge in [0.05, 0.1) is 7.11 Å². The summed E-state index contributed by atoms with van der Waals surface area (Å²) < 4.78 is 5.22. The van der Waals surface area contributed by atoms with Gasteiger partial charge in [-0.05, 0) is 43.1 Å². The molecule has 3 rings (SSSR count). The van der Waals surface area contributed by atoms with Crippen molar-refractivity contribution in [2.45, 2.75) is 25.4 Å². The molecule has 2 aromatic rings. The van der Waals surface area contributed by atoms with E-state index in [0.29, 0.717) is 6.04 Å². The van der Waals surface area contributed by atoms with E-state index in [4.69, 9.17) is 4.74 Å². The molecule has 1 fully saturated rings. The zero-order chi connectivity index (χ0) is 13.1. The molecule has 1 aliphatic rings. The Morgan fingerprint density at radius 1 is 1.32 bits per heavy atom. The van der Waals surface area contributed by atoms with E-state index in [1.807, 2.05) is 24.4 Å². The number of nitrogens with zero attached hydrogens (tertiary/aromatic N) is 2. The first-order valence-electron chi connectivity index (χ1n) is 6.73. The van der Waals surface area contributed by atoms with Crippen molar-refractivity contribution in [2.75, 3.05) is 13.7 Å². The average Bonchev–Trinajstić information content (AvgIpc) is 3.11. The molecule has 0 unspecified atom stereocenters. The van der Waals surface area contributed by atoms with E-state index in [1.165, 1.54) is 24.1 Å². The van der Waals surface area contributed by atoms with Gasteiger partial charge in [0, 0.05) is 24.5 Å². The molecule has 100 valence electrons. The van der Waals surface area contributed by atoms with Gasteiger partial charge in [-0.1, -0.05) is 12.1 Å². The fourth-order valence-corrected chi connectivity index (χ4v) is 2.81. The predicted octanol–water partition coefficient (Wildman–Crippen LogP) is 2.76. The Kier molecular flexibility index (Phi) is 3.51. The highest BCUT2D eigenvalue weighted by atomic mass is 16.5. The molecule has 0 spiro atoms. The van der Waals surface area contributed by atoms with Crippen molar-refractivity contribution in [2.24, 2.45) is 0 Å². The molecule has 1 aromatic carbocycles. The van der Waals surface area contributed by atoms with Crippen LogP contribution in [0.2, 0.25) is 0 Å². The van der Waals surface area contributed by atoms with Crippen LogP contribution in [-0.4, -0.2) is 28.8 Å². The van der Waals surface area contributed by atoms with Gasteiger partial charge in [0.1, 0.15) is 5.75 Å². The van der Waals surface area contributed by atoms with Gasteiger partial charge in [-0.3, -0.25) is 10.00 Å². The van der Waals surface area contributed by atoms with Gasteiger partial charge in [0.2, 0.25) is 0 Å². The van der Waals surface area contributed by atoms with Gasteiger partial charge >= 0.3 is 0 Å². The summed E-state index contributed by atoms with van der Waals surface area (Å²) in [6, 6.07) is 11.0. The number of hydrogen-bond acceptors (Lipinski definition) is 3. The van der Waals surface area contributed by atoms with Gasteiger partial charge in [-0.15, -0.1) is 0 Å².